The largest absolute Gasteiger partial charge is 0.632 e. The van der Waals surface area contributed by atoms with Gasteiger partial charge in [-0.05, 0) is 198 Å². The van der Waals surface area contributed by atoms with Gasteiger partial charge < -0.3 is 56.3 Å². The molecule has 0 spiro atoms. The van der Waals surface area contributed by atoms with Crippen molar-refractivity contribution >= 4 is 37.7 Å². The van der Waals surface area contributed by atoms with E-state index in [0.29, 0.717) is 73.6 Å². The van der Waals surface area contributed by atoms with Crippen LogP contribution in [0.25, 0.3) is 0 Å². The third kappa shape index (κ3) is 18.8. The maximum atomic E-state index is 6.68. The highest BCUT2D eigenvalue weighted by molar-refractivity contribution is 6.64. The minimum atomic E-state index is -0.622. The fraction of sp³-hybridized carbons (Fsp3) is 0.357. The molecule has 0 fully saturated rings. The molecule has 0 aromatic heterocycles. The fourth-order valence-electron chi connectivity index (χ4n) is 13.2. The lowest BCUT2D eigenvalue weighted by molar-refractivity contribution is 0.297. The number of unbranched alkanes of at least 4 members (excludes halogenated alkanes) is 15. The molecule has 9 aromatic carbocycles. The van der Waals surface area contributed by atoms with E-state index in [0.717, 1.165) is 140 Å². The topological polar surface area (TPSA) is 111 Å². The van der Waals surface area contributed by atoms with Crippen LogP contribution in [0.3, 0.4) is 0 Å². The molecule has 0 radical (unpaired) electrons. The molecule has 3 heterocycles. The second-order valence-corrected chi connectivity index (χ2v) is 26.8. The van der Waals surface area contributed by atoms with Crippen LogP contribution in [0, 0.1) is 0 Å². The zero-order chi connectivity index (χ0) is 67.4. The van der Waals surface area contributed by atoms with E-state index in [-0.39, 0.29) is 0 Å². The summed E-state index contributed by atoms with van der Waals surface area (Å²) in [6.07, 6.45) is 24.2. The third-order valence-corrected chi connectivity index (χ3v) is 19.1. The van der Waals surface area contributed by atoms with Gasteiger partial charge in [0.05, 0.1) is 19.8 Å². The van der Waals surface area contributed by atoms with Gasteiger partial charge in [-0.25, -0.2) is 0 Å². The van der Waals surface area contributed by atoms with Crippen LogP contribution < -0.4 is 72.7 Å². The summed E-state index contributed by atoms with van der Waals surface area (Å²) in [7, 11) is -1.87. The van der Waals surface area contributed by atoms with Crippen LogP contribution in [0.5, 0.6) is 69.0 Å². The summed E-state index contributed by atoms with van der Waals surface area (Å²) in [5.41, 5.74) is 12.6. The van der Waals surface area contributed by atoms with E-state index >= 15 is 0 Å². The minimum absolute atomic E-state index is 0.425. The Balaban J connectivity index is 0.673. The predicted octanol–water partition coefficient (Wildman–Crippen LogP) is 18.2. The summed E-state index contributed by atoms with van der Waals surface area (Å²) < 4.78 is 76.7. The van der Waals surface area contributed by atoms with Gasteiger partial charge in [0, 0.05) is 16.4 Å². The second-order valence-electron chi connectivity index (χ2n) is 26.8. The van der Waals surface area contributed by atoms with E-state index in [1.807, 2.05) is 72.8 Å². The number of ether oxygens (including phenoxy) is 6. The van der Waals surface area contributed by atoms with Crippen LogP contribution in [0.4, 0.5) is 0 Å². The average Bonchev–Trinajstić information content (AvgIpc) is 1.63. The summed E-state index contributed by atoms with van der Waals surface area (Å²) in [6, 6.07) is 61.5. The molecule has 12 nitrogen and oxygen atoms in total. The van der Waals surface area contributed by atoms with Gasteiger partial charge in [-0.15, -0.1) is 0 Å². The van der Waals surface area contributed by atoms with Gasteiger partial charge in [-0.1, -0.05) is 190 Å². The van der Waals surface area contributed by atoms with Gasteiger partial charge >= 0.3 is 21.4 Å². The first-order valence-electron chi connectivity index (χ1n) is 36.7. The summed E-state index contributed by atoms with van der Waals surface area (Å²) >= 11 is 0. The molecule has 1 aliphatic carbocycles. The maximum Gasteiger partial charge on any atom is 0.632 e. The van der Waals surface area contributed by atoms with Crippen molar-refractivity contribution in [1.29, 1.82) is 0 Å². The lowest BCUT2D eigenvalue weighted by Crippen LogP contribution is -2.38. The highest BCUT2D eigenvalue weighted by Crippen LogP contribution is 2.45. The third-order valence-electron chi connectivity index (χ3n) is 19.1. The van der Waals surface area contributed by atoms with Crippen LogP contribution in [0.15, 0.2) is 182 Å². The lowest BCUT2D eigenvalue weighted by Gasteiger charge is -2.13. The van der Waals surface area contributed by atoms with E-state index in [1.165, 1.54) is 96.3 Å². The molecular weight excluding hydrogens is 1230 g/mol. The SMILES string of the molecule is CCCCCCCCOc1ccc(OCc2ccc(B3Oc4cc5c(cc4O3)Cc3cc4c(cc3Cc3cc6c(cc3C5)OB(c3ccc(COc5ccc(OCCCCCCCC)cc5)cc3)O6)OB(c3ccc(COc5ccc(OCCCCCCCC)cc5)cc3)O4)cc2)cc1. The molecule has 9 aromatic rings. The Morgan fingerprint density at radius 2 is 0.444 bits per heavy atom. The first kappa shape index (κ1) is 68.3. The first-order valence-corrected chi connectivity index (χ1v) is 36.7. The lowest BCUT2D eigenvalue weighted by atomic mass is 9.79. The van der Waals surface area contributed by atoms with Crippen molar-refractivity contribution in [2.24, 2.45) is 0 Å². The van der Waals surface area contributed by atoms with E-state index in [9.17, 15) is 0 Å². The smallest absolute Gasteiger partial charge is 0.519 e. The van der Waals surface area contributed by atoms with Crippen molar-refractivity contribution in [2.45, 2.75) is 175 Å². The van der Waals surface area contributed by atoms with Crippen LogP contribution in [0.1, 0.15) is 186 Å². The highest BCUT2D eigenvalue weighted by Gasteiger charge is 2.39. The Kier molecular flexibility index (Phi) is 23.8. The van der Waals surface area contributed by atoms with E-state index < -0.39 is 21.4 Å². The molecule has 0 amide bonds. The van der Waals surface area contributed by atoms with Gasteiger partial charge in [-0.3, -0.25) is 0 Å². The first-order chi connectivity index (χ1) is 48.8. The van der Waals surface area contributed by atoms with Gasteiger partial charge in [0.2, 0.25) is 0 Å². The number of fused-ring (bicyclic) bond motifs is 6. The quantitative estimate of drug-likeness (QED) is 0.0275. The van der Waals surface area contributed by atoms with Crippen molar-refractivity contribution in [3.8, 4) is 69.0 Å². The fourth-order valence-corrected chi connectivity index (χ4v) is 13.2. The summed E-state index contributed by atoms with van der Waals surface area (Å²) in [5.74, 6) is 9.19. The monoisotopic (exact) mass is 1330 g/mol. The van der Waals surface area contributed by atoms with E-state index in [1.54, 1.807) is 0 Å². The zero-order valence-corrected chi connectivity index (χ0v) is 58.0. The molecule has 15 heteroatoms. The highest BCUT2D eigenvalue weighted by atomic mass is 16.6. The van der Waals surface area contributed by atoms with Gasteiger partial charge in [0.25, 0.3) is 0 Å². The Labute approximate surface area is 587 Å². The molecule has 0 saturated carbocycles. The standard InChI is InChI=1S/C84H93B3O12/c1-4-7-10-13-16-19-46-88-73-34-40-76(41-35-73)91-58-61-22-28-70(29-23-61)85-94-79-52-64-49-66-54-81-83(98-86(96-81)71-30-24-62(25-31-71)59-92-77-42-36-74(37-43-77)89-47-20-17-14-11-8-5-2)56-68(66)51-69-57-84-82(55-67(69)50-65(64)53-80(79)95-85)97-87(99-84)72-32-26-63(27-33-72)60-93-78-44-38-75(39-45-78)90-48-21-18-15-12-9-6-3/h22-45,52-57H,4-21,46-51,58-60H2,1-3H3. The van der Waals surface area contributed by atoms with Gasteiger partial charge in [-0.2, -0.15) is 0 Å². The Morgan fingerprint density at radius 1 is 0.242 bits per heavy atom. The van der Waals surface area contributed by atoms with Crippen LogP contribution in [-0.2, 0) is 39.1 Å². The van der Waals surface area contributed by atoms with Gasteiger partial charge in [0.1, 0.15) is 88.8 Å². The predicted molar refractivity (Wildman–Crippen MR) is 396 cm³/mol. The molecule has 3 aliphatic heterocycles. The van der Waals surface area contributed by atoms with Crippen molar-refractivity contribution in [3.05, 3.63) is 232 Å². The number of hydrogen-bond donors (Lipinski definition) is 0. The zero-order valence-electron chi connectivity index (χ0n) is 58.0. The summed E-state index contributed by atoms with van der Waals surface area (Å²) in [4.78, 5) is 0. The molecule has 99 heavy (non-hydrogen) atoms. The molecule has 0 N–H and O–H groups in total. The molecule has 0 unspecified atom stereocenters. The van der Waals surface area contributed by atoms with Crippen LogP contribution in [0.2, 0.25) is 0 Å². The Bertz CT molecular complexity index is 3510. The molecule has 13 rings (SSSR count). The van der Waals surface area contributed by atoms with Crippen molar-refractivity contribution in [2.75, 3.05) is 19.8 Å². The maximum absolute atomic E-state index is 6.68. The summed E-state index contributed by atoms with van der Waals surface area (Å²) in [5, 5.41) is 0. The van der Waals surface area contributed by atoms with Crippen molar-refractivity contribution in [1.82, 2.24) is 0 Å². The normalized spacial score (nSPS) is 13.1. The minimum Gasteiger partial charge on any atom is -0.519 e. The van der Waals surface area contributed by atoms with Crippen molar-refractivity contribution in [3.63, 3.8) is 0 Å². The molecule has 0 saturated heterocycles. The molecule has 510 valence electrons. The van der Waals surface area contributed by atoms with E-state index in [4.69, 9.17) is 56.3 Å². The molecule has 0 bridgehead atoms. The van der Waals surface area contributed by atoms with Gasteiger partial charge in [0.15, 0.2) is 0 Å². The van der Waals surface area contributed by atoms with Crippen LogP contribution >= 0.6 is 0 Å². The summed E-state index contributed by atoms with van der Waals surface area (Å²) in [6.45, 7) is 10.2. The molecular formula is C84H93B3O12. The Morgan fingerprint density at radius 3 is 0.667 bits per heavy atom. The number of hydrogen-bond acceptors (Lipinski definition) is 12. The van der Waals surface area contributed by atoms with Crippen LogP contribution in [-0.4, -0.2) is 41.2 Å². The number of rotatable bonds is 36. The average molecular weight is 1330 g/mol. The molecule has 0 atom stereocenters. The molecule has 4 aliphatic rings. The van der Waals surface area contributed by atoms with Crippen molar-refractivity contribution < 1.29 is 56.3 Å². The number of benzene rings is 9. The Hall–Kier alpha value is -9.23. The van der Waals surface area contributed by atoms with E-state index in [2.05, 4.69) is 130 Å². The second kappa shape index (κ2) is 34.5.